The molecule has 0 saturated heterocycles. The monoisotopic (exact) mass is 656 g/mol. The van der Waals surface area contributed by atoms with Gasteiger partial charge < -0.3 is 0 Å². The molecule has 0 radical (unpaired) electrons. The highest BCUT2D eigenvalue weighted by Crippen LogP contribution is 2.49. The van der Waals surface area contributed by atoms with Crippen molar-refractivity contribution < 1.29 is 0 Å². The van der Waals surface area contributed by atoms with Crippen molar-refractivity contribution in [1.82, 2.24) is 0 Å². The molecule has 1 heteroatoms. The van der Waals surface area contributed by atoms with E-state index in [1.54, 1.807) is 0 Å². The lowest BCUT2D eigenvalue weighted by molar-refractivity contribution is 1.49. The van der Waals surface area contributed by atoms with Crippen molar-refractivity contribution in [2.75, 3.05) is 0 Å². The Bertz CT molecular complexity index is 3830. The summed E-state index contributed by atoms with van der Waals surface area (Å²) in [5.74, 6) is 0. The maximum absolute atomic E-state index is 2.44. The highest BCUT2D eigenvalue weighted by atomic mass is 32.1. The second-order valence-electron chi connectivity index (χ2n) is 14.7. The first-order chi connectivity index (χ1) is 25.3. The van der Waals surface area contributed by atoms with Crippen LogP contribution in [0.3, 0.4) is 0 Å². The lowest BCUT2D eigenvalue weighted by atomic mass is 9.83. The molecule has 2 aliphatic carbocycles. The van der Waals surface area contributed by atoms with Gasteiger partial charge in [0.05, 0.1) is 0 Å². The molecular weight excluding hydrogens is 633 g/mol. The van der Waals surface area contributed by atoms with E-state index in [0.717, 1.165) is 0 Å². The SMILES string of the molecule is c1ccc2c(c1)=c1ccc3c4ccc5c6ccc7c8c(ccc(c9ccc(c%10ccc=2c1c3%10)c4c59)c86)=c1sc(-c2ccc3ccccc3c2)cc1=7. The Morgan fingerprint density at radius 1 is 0.275 bits per heavy atom. The number of fused-ring (bicyclic) bond motifs is 7. The summed E-state index contributed by atoms with van der Waals surface area (Å²) in [5, 5.41) is 31.5. The molecule has 0 saturated carbocycles. The molecule has 0 spiro atoms. The number of hydrogen-bond acceptors (Lipinski definition) is 1. The van der Waals surface area contributed by atoms with E-state index in [2.05, 4.69) is 146 Å². The Kier molecular flexibility index (Phi) is 4.29. The Balaban J connectivity index is 1.11. The van der Waals surface area contributed by atoms with Gasteiger partial charge in [-0.05, 0) is 130 Å². The molecular formula is C50H24S. The summed E-state index contributed by atoms with van der Waals surface area (Å²) < 4.78 is 1.40. The van der Waals surface area contributed by atoms with Gasteiger partial charge in [-0.1, -0.05) is 133 Å². The molecule has 11 aromatic carbocycles. The fraction of sp³-hybridized carbons (Fsp3) is 0. The van der Waals surface area contributed by atoms with Crippen molar-refractivity contribution in [2.24, 2.45) is 0 Å². The standard InChI is InChI=1S/C50H24S/c1-2-6-26-23-27(10-9-25(26)5-1)43-24-42-40-20-19-38-36-17-15-34-32-13-11-30-28-7-3-4-8-29(28)31-12-14-33(45(32)44(30)31)35-16-18-37(47(36)46(34)35)39-21-22-41(50(42)51-43)49(40)48(38)39/h1-24H. The maximum Gasteiger partial charge on any atom is 0.0434 e. The van der Waals surface area contributed by atoms with E-state index in [1.807, 2.05) is 11.3 Å². The minimum atomic E-state index is 1.29. The van der Waals surface area contributed by atoms with Gasteiger partial charge in [-0.3, -0.25) is 0 Å². The van der Waals surface area contributed by atoms with Gasteiger partial charge in [-0.2, -0.15) is 0 Å². The predicted octanol–water partition coefficient (Wildman–Crippen LogP) is 13.3. The molecule has 230 valence electrons. The summed E-state index contributed by atoms with van der Waals surface area (Å²) in [4.78, 5) is 1.34. The third kappa shape index (κ3) is 2.87. The number of benzene rings is 11. The highest BCUT2D eigenvalue weighted by molar-refractivity contribution is 7.13. The normalized spacial score (nSPS) is 13.1. The molecule has 0 amide bonds. The summed E-state index contributed by atoms with van der Waals surface area (Å²) >= 11 is 1.94. The molecule has 0 bridgehead atoms. The second-order valence-corrected chi connectivity index (χ2v) is 15.7. The van der Waals surface area contributed by atoms with Crippen LogP contribution in [-0.2, 0) is 0 Å². The van der Waals surface area contributed by atoms with E-state index in [9.17, 15) is 0 Å². The smallest absolute Gasteiger partial charge is 0.0434 e. The van der Waals surface area contributed by atoms with Gasteiger partial charge in [-0.25, -0.2) is 0 Å². The minimum Gasteiger partial charge on any atom is -0.135 e. The number of rotatable bonds is 1. The average Bonchev–Trinajstić information content (AvgIpc) is 3.86. The van der Waals surface area contributed by atoms with E-state index in [4.69, 9.17) is 0 Å². The van der Waals surface area contributed by atoms with Crippen LogP contribution in [0.5, 0.6) is 0 Å². The van der Waals surface area contributed by atoms with Crippen LogP contribution < -0.4 is 0 Å². The first-order valence-electron chi connectivity index (χ1n) is 17.8. The fourth-order valence-electron chi connectivity index (χ4n) is 10.4. The zero-order valence-electron chi connectivity index (χ0n) is 27.3. The van der Waals surface area contributed by atoms with Crippen LogP contribution in [0.4, 0.5) is 0 Å². The Morgan fingerprint density at radius 2 is 0.706 bits per heavy atom. The molecule has 0 fully saturated rings. The summed E-state index contributed by atoms with van der Waals surface area (Å²) in [7, 11) is 0. The van der Waals surface area contributed by atoms with Crippen LogP contribution in [0.2, 0.25) is 0 Å². The van der Waals surface area contributed by atoms with Gasteiger partial charge >= 0.3 is 0 Å². The van der Waals surface area contributed by atoms with E-state index < -0.39 is 0 Å². The first-order valence-corrected chi connectivity index (χ1v) is 18.7. The zero-order chi connectivity index (χ0) is 32.7. The molecule has 0 atom stereocenters. The van der Waals surface area contributed by atoms with Crippen LogP contribution in [-0.4, -0.2) is 0 Å². The summed E-state index contributed by atoms with van der Waals surface area (Å²) in [5.41, 5.74) is 1.30. The largest absolute Gasteiger partial charge is 0.135 e. The molecule has 14 rings (SSSR count). The topological polar surface area (TPSA) is 0 Å². The van der Waals surface area contributed by atoms with Crippen molar-refractivity contribution in [2.45, 2.75) is 0 Å². The second kappa shape index (κ2) is 8.53. The molecule has 2 aliphatic rings. The average molecular weight is 657 g/mol. The van der Waals surface area contributed by atoms with Gasteiger partial charge in [0.15, 0.2) is 0 Å². The van der Waals surface area contributed by atoms with Crippen molar-refractivity contribution in [3.63, 3.8) is 0 Å². The van der Waals surface area contributed by atoms with Crippen LogP contribution in [0.15, 0.2) is 146 Å². The van der Waals surface area contributed by atoms with Crippen LogP contribution >= 0.6 is 11.3 Å². The predicted molar refractivity (Wildman–Crippen MR) is 216 cm³/mol. The van der Waals surface area contributed by atoms with E-state index >= 15 is 0 Å². The molecule has 0 aliphatic heterocycles. The van der Waals surface area contributed by atoms with E-state index in [0.29, 0.717) is 0 Å². The molecule has 51 heavy (non-hydrogen) atoms. The highest BCUT2D eigenvalue weighted by Gasteiger charge is 2.22. The Hall–Kier alpha value is -6.28. The third-order valence-corrected chi connectivity index (χ3v) is 13.7. The fourth-order valence-corrected chi connectivity index (χ4v) is 11.6. The maximum atomic E-state index is 2.44. The van der Waals surface area contributed by atoms with Gasteiger partial charge in [0.2, 0.25) is 0 Å². The summed E-state index contributed by atoms with van der Waals surface area (Å²) in [6.45, 7) is 0. The van der Waals surface area contributed by atoms with Crippen molar-refractivity contribution >= 4 is 97.5 Å². The van der Waals surface area contributed by atoms with Gasteiger partial charge in [0, 0.05) is 19.8 Å². The molecule has 12 aromatic rings. The van der Waals surface area contributed by atoms with Crippen molar-refractivity contribution in [3.05, 3.63) is 187 Å². The van der Waals surface area contributed by atoms with E-state index in [-0.39, 0.29) is 0 Å². The zero-order valence-corrected chi connectivity index (χ0v) is 28.1. The van der Waals surface area contributed by atoms with Crippen LogP contribution in [0, 0.1) is 41.1 Å². The van der Waals surface area contributed by atoms with Crippen LogP contribution in [0.25, 0.3) is 96.6 Å². The lowest BCUT2D eigenvalue weighted by Crippen LogP contribution is -1.92. The quantitative estimate of drug-likeness (QED) is 0.122. The van der Waals surface area contributed by atoms with E-state index in [1.165, 1.54) is 138 Å². The van der Waals surface area contributed by atoms with Crippen LogP contribution in [0.1, 0.15) is 0 Å². The molecule has 1 heterocycles. The van der Waals surface area contributed by atoms with Crippen molar-refractivity contribution in [3.8, 4) is 10.4 Å². The van der Waals surface area contributed by atoms with Crippen molar-refractivity contribution in [1.29, 1.82) is 0 Å². The third-order valence-electron chi connectivity index (χ3n) is 12.5. The summed E-state index contributed by atoms with van der Waals surface area (Å²) in [6, 6.07) is 55.7. The lowest BCUT2D eigenvalue weighted by Gasteiger charge is -2.19. The van der Waals surface area contributed by atoms with Gasteiger partial charge in [0.25, 0.3) is 0 Å². The first kappa shape index (κ1) is 25.7. The molecule has 0 unspecified atom stereocenters. The number of thiophene rings is 1. The Labute approximate surface area is 293 Å². The minimum absolute atomic E-state index is 1.29. The molecule has 1 aromatic heterocycles. The number of hydrogen-bond donors (Lipinski definition) is 0. The molecule has 0 nitrogen and oxygen atoms in total. The van der Waals surface area contributed by atoms with Gasteiger partial charge in [-0.15, -0.1) is 11.3 Å². The Morgan fingerprint density at radius 3 is 1.27 bits per heavy atom. The van der Waals surface area contributed by atoms with Gasteiger partial charge in [0.1, 0.15) is 0 Å². The molecule has 0 N–H and O–H groups in total. The summed E-state index contributed by atoms with van der Waals surface area (Å²) in [6.07, 6.45) is 0.